The molecule has 186 valence electrons. The predicted octanol–water partition coefficient (Wildman–Crippen LogP) is 4.42. The topological polar surface area (TPSA) is 92.2 Å². The number of hydrogen-bond acceptors (Lipinski definition) is 8. The lowest BCUT2D eigenvalue weighted by atomic mass is 9.95. The number of nitrogens with one attached hydrogen (secondary N) is 3. The summed E-state index contributed by atoms with van der Waals surface area (Å²) in [6.45, 7) is 4.92. The van der Waals surface area contributed by atoms with Crippen LogP contribution in [-0.2, 0) is 4.74 Å². The predicted molar refractivity (Wildman–Crippen MR) is 139 cm³/mol. The van der Waals surface area contributed by atoms with E-state index in [1.54, 1.807) is 0 Å². The van der Waals surface area contributed by atoms with Gasteiger partial charge in [0.25, 0.3) is 0 Å². The summed E-state index contributed by atoms with van der Waals surface area (Å²) in [7, 11) is 0. The quantitative estimate of drug-likeness (QED) is 0.481. The molecule has 3 N–H and O–H groups in total. The fourth-order valence-electron chi connectivity index (χ4n) is 5.47. The zero-order chi connectivity index (χ0) is 23.5. The fourth-order valence-corrected chi connectivity index (χ4v) is 5.47. The van der Waals surface area contributed by atoms with Gasteiger partial charge in [-0.3, -0.25) is 4.57 Å². The van der Waals surface area contributed by atoms with Gasteiger partial charge >= 0.3 is 0 Å². The van der Waals surface area contributed by atoms with Gasteiger partial charge in [-0.1, -0.05) is 19.3 Å². The molecule has 1 saturated carbocycles. The first-order chi connectivity index (χ1) is 17.3. The van der Waals surface area contributed by atoms with Crippen molar-refractivity contribution in [3.63, 3.8) is 0 Å². The maximum absolute atomic E-state index is 6.06. The summed E-state index contributed by atoms with van der Waals surface area (Å²) >= 11 is 0. The number of ether oxygens (including phenoxy) is 1. The minimum absolute atomic E-state index is 0.0163. The van der Waals surface area contributed by atoms with E-state index in [2.05, 4.69) is 49.7 Å². The second kappa shape index (κ2) is 10.4. The van der Waals surface area contributed by atoms with Crippen LogP contribution in [0.25, 0.3) is 11.2 Å². The molecular weight excluding hydrogens is 440 g/mol. The van der Waals surface area contributed by atoms with Crippen molar-refractivity contribution in [1.82, 2.24) is 24.8 Å². The number of nitrogens with zero attached hydrogens (tertiary/aromatic N) is 5. The average molecular weight is 477 g/mol. The Morgan fingerprint density at radius 3 is 2.49 bits per heavy atom. The van der Waals surface area contributed by atoms with Crippen molar-refractivity contribution < 1.29 is 4.74 Å². The van der Waals surface area contributed by atoms with Gasteiger partial charge in [-0.05, 0) is 56.4 Å². The molecule has 35 heavy (non-hydrogen) atoms. The number of piperazine rings is 1. The lowest BCUT2D eigenvalue weighted by molar-refractivity contribution is -0.0298. The lowest BCUT2D eigenvalue weighted by Crippen LogP contribution is -2.43. The van der Waals surface area contributed by atoms with E-state index in [0.717, 1.165) is 74.7 Å². The van der Waals surface area contributed by atoms with Crippen molar-refractivity contribution in [1.29, 1.82) is 0 Å². The first kappa shape index (κ1) is 22.5. The second-order valence-electron chi connectivity index (χ2n) is 9.93. The van der Waals surface area contributed by atoms with Crippen molar-refractivity contribution in [2.45, 2.75) is 63.6 Å². The molecule has 2 aromatic heterocycles. The average Bonchev–Trinajstić information content (AvgIpc) is 3.35. The zero-order valence-electron chi connectivity index (χ0n) is 20.4. The van der Waals surface area contributed by atoms with E-state index in [9.17, 15) is 0 Å². The van der Waals surface area contributed by atoms with E-state index in [4.69, 9.17) is 19.7 Å². The van der Waals surface area contributed by atoms with E-state index >= 15 is 0 Å². The first-order valence-electron chi connectivity index (χ1n) is 13.3. The van der Waals surface area contributed by atoms with Crippen LogP contribution in [0.5, 0.6) is 0 Å². The highest BCUT2D eigenvalue weighted by atomic mass is 16.5. The molecule has 6 rings (SSSR count). The molecule has 1 aromatic carbocycles. The van der Waals surface area contributed by atoms with Gasteiger partial charge in [0.15, 0.2) is 17.0 Å². The minimum Gasteiger partial charge on any atom is -0.369 e. The number of fused-ring (bicyclic) bond motifs is 1. The third kappa shape index (κ3) is 5.06. The van der Waals surface area contributed by atoms with E-state index in [1.807, 2.05) is 6.33 Å². The SMILES string of the molecule is c1cc(N2CCNCC2)ccc1Nc1nc(NC2CCCCC2)c2ncn(C3CCCCO3)c2n1. The van der Waals surface area contributed by atoms with Crippen LogP contribution in [0, 0.1) is 0 Å². The number of anilines is 4. The Bertz CT molecular complexity index is 1110. The van der Waals surface area contributed by atoms with Crippen LogP contribution >= 0.6 is 0 Å². The van der Waals surface area contributed by atoms with E-state index in [1.165, 1.54) is 37.8 Å². The highest BCUT2D eigenvalue weighted by Gasteiger charge is 2.23. The van der Waals surface area contributed by atoms with Gasteiger partial charge in [0.1, 0.15) is 6.23 Å². The highest BCUT2D eigenvalue weighted by Crippen LogP contribution is 2.31. The van der Waals surface area contributed by atoms with Gasteiger partial charge in [-0.25, -0.2) is 4.98 Å². The van der Waals surface area contributed by atoms with Crippen LogP contribution in [0.2, 0.25) is 0 Å². The molecule has 0 radical (unpaired) electrons. The number of aromatic nitrogens is 4. The molecule has 9 heteroatoms. The maximum atomic E-state index is 6.06. The monoisotopic (exact) mass is 476 g/mol. The maximum Gasteiger partial charge on any atom is 0.231 e. The van der Waals surface area contributed by atoms with E-state index in [-0.39, 0.29) is 6.23 Å². The van der Waals surface area contributed by atoms with Gasteiger partial charge in [0, 0.05) is 50.2 Å². The summed E-state index contributed by atoms with van der Waals surface area (Å²) in [6.07, 6.45) is 11.3. The first-order valence-corrected chi connectivity index (χ1v) is 13.3. The summed E-state index contributed by atoms with van der Waals surface area (Å²) in [5, 5.41) is 10.6. The number of imidazole rings is 1. The van der Waals surface area contributed by atoms with Crippen molar-refractivity contribution >= 4 is 34.3 Å². The van der Waals surface area contributed by atoms with Crippen molar-refractivity contribution in [2.24, 2.45) is 0 Å². The Morgan fingerprint density at radius 1 is 0.914 bits per heavy atom. The molecule has 3 aromatic rings. The molecular formula is C26H36N8O. The summed E-state index contributed by atoms with van der Waals surface area (Å²) in [5.74, 6) is 1.40. The molecule has 1 atom stereocenters. The van der Waals surface area contributed by atoms with Crippen LogP contribution in [0.3, 0.4) is 0 Å². The van der Waals surface area contributed by atoms with Gasteiger partial charge in [-0.2, -0.15) is 9.97 Å². The van der Waals surface area contributed by atoms with Crippen molar-refractivity contribution in [3.8, 4) is 0 Å². The number of benzene rings is 1. The summed E-state index contributed by atoms with van der Waals surface area (Å²) in [4.78, 5) is 16.9. The molecule has 0 spiro atoms. The number of hydrogen-bond donors (Lipinski definition) is 3. The van der Waals surface area contributed by atoms with Crippen LogP contribution in [0.15, 0.2) is 30.6 Å². The zero-order valence-corrected chi connectivity index (χ0v) is 20.4. The highest BCUT2D eigenvalue weighted by molar-refractivity contribution is 5.85. The summed E-state index contributed by atoms with van der Waals surface area (Å²) < 4.78 is 8.15. The molecule has 0 amide bonds. The van der Waals surface area contributed by atoms with Gasteiger partial charge in [0.05, 0.1) is 6.33 Å². The molecule has 4 heterocycles. The van der Waals surface area contributed by atoms with E-state index in [0.29, 0.717) is 12.0 Å². The van der Waals surface area contributed by atoms with Gasteiger partial charge in [0.2, 0.25) is 5.95 Å². The van der Waals surface area contributed by atoms with Crippen LogP contribution < -0.4 is 20.9 Å². The van der Waals surface area contributed by atoms with Crippen molar-refractivity contribution in [2.75, 3.05) is 48.3 Å². The third-order valence-corrected chi connectivity index (χ3v) is 7.44. The molecule has 3 fully saturated rings. The van der Waals surface area contributed by atoms with Crippen LogP contribution in [0.4, 0.5) is 23.1 Å². The van der Waals surface area contributed by atoms with Gasteiger partial charge < -0.3 is 25.6 Å². The molecule has 2 saturated heterocycles. The molecule has 1 aliphatic carbocycles. The third-order valence-electron chi connectivity index (χ3n) is 7.44. The molecule has 9 nitrogen and oxygen atoms in total. The molecule has 0 bridgehead atoms. The Balaban J connectivity index is 1.29. The van der Waals surface area contributed by atoms with E-state index < -0.39 is 0 Å². The van der Waals surface area contributed by atoms with Crippen molar-refractivity contribution in [3.05, 3.63) is 30.6 Å². The molecule has 3 aliphatic rings. The normalized spacial score (nSPS) is 21.8. The minimum atomic E-state index is -0.0163. The Labute approximate surface area is 206 Å². The summed E-state index contributed by atoms with van der Waals surface area (Å²) in [5.41, 5.74) is 3.88. The lowest BCUT2D eigenvalue weighted by Gasteiger charge is -2.29. The molecule has 2 aliphatic heterocycles. The Hall–Kier alpha value is -2.91. The molecule has 1 unspecified atom stereocenters. The summed E-state index contributed by atoms with van der Waals surface area (Å²) in [6, 6.07) is 9.01. The Kier molecular flexibility index (Phi) is 6.68. The smallest absolute Gasteiger partial charge is 0.231 e. The van der Waals surface area contributed by atoms with Crippen LogP contribution in [0.1, 0.15) is 57.6 Å². The van der Waals surface area contributed by atoms with Gasteiger partial charge in [-0.15, -0.1) is 0 Å². The number of rotatable bonds is 6. The largest absolute Gasteiger partial charge is 0.369 e. The standard InChI is InChI=1S/C26H36N8O/c1-2-6-19(7-3-1)29-24-23-25(34(18-28-23)22-8-4-5-17-35-22)32-26(31-24)30-20-9-11-21(12-10-20)33-15-13-27-14-16-33/h9-12,18-19,22,27H,1-8,13-17H2,(H2,29,30,31,32). The van der Waals surface area contributed by atoms with Crippen LogP contribution in [-0.4, -0.2) is 58.3 Å². The fraction of sp³-hybridized carbons (Fsp3) is 0.577. The second-order valence-corrected chi connectivity index (χ2v) is 9.93. The Morgan fingerprint density at radius 2 is 1.71 bits per heavy atom.